The fourth-order valence-electron chi connectivity index (χ4n) is 0.566. The molecule has 1 N–H and O–H groups in total. The minimum Gasteiger partial charge on any atom is -0.344 e. The fraction of sp³-hybridized carbons (Fsp3) is 0.875. The highest BCUT2D eigenvalue weighted by Crippen LogP contribution is 1.83. The highest BCUT2D eigenvalue weighted by Gasteiger charge is 2.00. The molecule has 0 heterocycles. The van der Waals surface area contributed by atoms with Crippen LogP contribution in [-0.4, -0.2) is 37.0 Å². The number of hydroxylamine groups is 1. The molecule has 0 aromatic carbocycles. The number of nitrogens with one attached hydrogen (secondary N) is 1. The third-order valence-corrected chi connectivity index (χ3v) is 1.39. The van der Waals surface area contributed by atoms with Crippen molar-refractivity contribution in [1.82, 2.24) is 10.4 Å². The Morgan fingerprint density at radius 3 is 2.58 bits per heavy atom. The van der Waals surface area contributed by atoms with Crippen molar-refractivity contribution < 1.29 is 9.63 Å². The van der Waals surface area contributed by atoms with E-state index in [-0.39, 0.29) is 5.91 Å². The van der Waals surface area contributed by atoms with Crippen molar-refractivity contribution in [2.45, 2.75) is 26.8 Å². The molecule has 0 radical (unpaired) electrons. The van der Waals surface area contributed by atoms with E-state index in [1.54, 1.807) is 11.9 Å². The van der Waals surface area contributed by atoms with Crippen LogP contribution in [0.25, 0.3) is 0 Å². The first-order valence-corrected chi connectivity index (χ1v) is 4.13. The summed E-state index contributed by atoms with van der Waals surface area (Å²) in [4.78, 5) is 17.4. The van der Waals surface area contributed by atoms with E-state index in [0.717, 1.165) is 0 Å². The highest BCUT2D eigenvalue weighted by molar-refractivity contribution is 5.72. The first kappa shape index (κ1) is 11.4. The molecular weight excluding hydrogens is 156 g/mol. The monoisotopic (exact) mass is 174 g/mol. The van der Waals surface area contributed by atoms with E-state index in [9.17, 15) is 4.79 Å². The largest absolute Gasteiger partial charge is 0.344 e. The van der Waals surface area contributed by atoms with E-state index in [1.807, 2.05) is 13.8 Å². The molecule has 0 spiro atoms. The maximum Gasteiger partial charge on any atom is 0.219 e. The molecule has 0 fully saturated rings. The molecule has 0 aliphatic carbocycles. The van der Waals surface area contributed by atoms with Gasteiger partial charge in [0.2, 0.25) is 5.91 Å². The van der Waals surface area contributed by atoms with Gasteiger partial charge in [-0.25, -0.2) is 0 Å². The van der Waals surface area contributed by atoms with Crippen molar-refractivity contribution in [2.75, 3.05) is 20.2 Å². The highest BCUT2D eigenvalue weighted by atomic mass is 16.6. The van der Waals surface area contributed by atoms with Gasteiger partial charge in [0.25, 0.3) is 0 Å². The van der Waals surface area contributed by atoms with Gasteiger partial charge in [-0.15, -0.1) is 0 Å². The number of rotatable bonds is 5. The van der Waals surface area contributed by atoms with Gasteiger partial charge in [0.15, 0.2) is 0 Å². The molecule has 0 rings (SSSR count). The smallest absolute Gasteiger partial charge is 0.219 e. The molecule has 0 aromatic heterocycles. The van der Waals surface area contributed by atoms with E-state index in [0.29, 0.717) is 19.2 Å². The minimum absolute atomic E-state index is 0.0585. The molecule has 0 saturated carbocycles. The molecule has 0 aromatic rings. The lowest BCUT2D eigenvalue weighted by Crippen LogP contribution is -2.31. The molecule has 4 heteroatoms. The number of hydrogen-bond donors (Lipinski definition) is 1. The van der Waals surface area contributed by atoms with E-state index in [2.05, 4.69) is 5.48 Å². The van der Waals surface area contributed by atoms with Crippen molar-refractivity contribution in [3.63, 3.8) is 0 Å². The quantitative estimate of drug-likeness (QED) is 0.484. The Hall–Kier alpha value is -0.610. The summed E-state index contributed by atoms with van der Waals surface area (Å²) in [6.45, 7) is 6.67. The van der Waals surface area contributed by atoms with Gasteiger partial charge in [-0.05, 0) is 13.8 Å². The lowest BCUT2D eigenvalue weighted by molar-refractivity contribution is -0.128. The minimum atomic E-state index is 0.0585. The summed E-state index contributed by atoms with van der Waals surface area (Å²) >= 11 is 0. The van der Waals surface area contributed by atoms with Crippen molar-refractivity contribution in [2.24, 2.45) is 0 Å². The molecular formula is C8H18N2O2. The van der Waals surface area contributed by atoms with E-state index in [4.69, 9.17) is 4.84 Å². The number of likely N-dealkylation sites (N-methyl/N-ethyl adjacent to an activating group) is 1. The van der Waals surface area contributed by atoms with Crippen LogP contribution in [-0.2, 0) is 9.63 Å². The molecule has 0 saturated heterocycles. The third kappa shape index (κ3) is 6.12. The van der Waals surface area contributed by atoms with Crippen LogP contribution in [0.1, 0.15) is 20.8 Å². The van der Waals surface area contributed by atoms with Crippen LogP contribution < -0.4 is 5.48 Å². The number of hydrogen-bond acceptors (Lipinski definition) is 3. The van der Waals surface area contributed by atoms with Crippen molar-refractivity contribution in [3.05, 3.63) is 0 Å². The van der Waals surface area contributed by atoms with Crippen LogP contribution in [0.2, 0.25) is 0 Å². The van der Waals surface area contributed by atoms with E-state index in [1.165, 1.54) is 6.92 Å². The average Bonchev–Trinajstić information content (AvgIpc) is 1.97. The summed E-state index contributed by atoms with van der Waals surface area (Å²) in [7, 11) is 1.75. The van der Waals surface area contributed by atoms with Gasteiger partial charge >= 0.3 is 0 Å². The molecule has 0 atom stereocenters. The van der Waals surface area contributed by atoms with Gasteiger partial charge in [-0.2, -0.15) is 5.48 Å². The van der Waals surface area contributed by atoms with Crippen molar-refractivity contribution in [3.8, 4) is 0 Å². The zero-order valence-electron chi connectivity index (χ0n) is 8.26. The van der Waals surface area contributed by atoms with Crippen LogP contribution in [0.4, 0.5) is 0 Å². The predicted octanol–water partition coefficient (Wildman–Crippen LogP) is 0.394. The Morgan fingerprint density at radius 1 is 1.58 bits per heavy atom. The lowest BCUT2D eigenvalue weighted by atomic mass is 10.4. The summed E-state index contributed by atoms with van der Waals surface area (Å²) in [6, 6.07) is 0.313. The van der Waals surface area contributed by atoms with Crippen LogP contribution in [0.3, 0.4) is 0 Å². The Labute approximate surface area is 73.8 Å². The molecule has 0 unspecified atom stereocenters. The summed E-state index contributed by atoms with van der Waals surface area (Å²) in [6.07, 6.45) is 0. The predicted molar refractivity (Wildman–Crippen MR) is 47.5 cm³/mol. The number of carbonyl (C=O) groups is 1. The van der Waals surface area contributed by atoms with Gasteiger partial charge in [0.05, 0.1) is 6.61 Å². The Morgan fingerprint density at radius 2 is 2.17 bits per heavy atom. The number of carbonyl (C=O) groups excluding carboxylic acids is 1. The van der Waals surface area contributed by atoms with Gasteiger partial charge < -0.3 is 4.90 Å². The molecule has 0 aliphatic rings. The van der Waals surface area contributed by atoms with E-state index < -0.39 is 0 Å². The summed E-state index contributed by atoms with van der Waals surface area (Å²) < 4.78 is 0. The van der Waals surface area contributed by atoms with Crippen LogP contribution in [0, 0.1) is 0 Å². The first-order valence-electron chi connectivity index (χ1n) is 4.13. The Kier molecular flexibility index (Phi) is 5.66. The molecule has 4 nitrogen and oxygen atoms in total. The summed E-state index contributed by atoms with van der Waals surface area (Å²) in [5, 5.41) is 0. The van der Waals surface area contributed by atoms with Crippen LogP contribution in [0.5, 0.6) is 0 Å². The molecule has 12 heavy (non-hydrogen) atoms. The number of amides is 1. The molecule has 72 valence electrons. The summed E-state index contributed by atoms with van der Waals surface area (Å²) in [5.74, 6) is 0.0585. The second-order valence-corrected chi connectivity index (χ2v) is 3.06. The second kappa shape index (κ2) is 5.97. The zero-order chi connectivity index (χ0) is 9.56. The fourth-order valence-corrected chi connectivity index (χ4v) is 0.566. The standard InChI is InChI=1S/C8H18N2O2/c1-7(2)9-12-6-5-10(4)8(3)11/h7,9H,5-6H2,1-4H3. The van der Waals surface area contributed by atoms with Crippen LogP contribution >= 0.6 is 0 Å². The maximum atomic E-state index is 10.7. The third-order valence-electron chi connectivity index (χ3n) is 1.39. The van der Waals surface area contributed by atoms with Crippen LogP contribution in [0.15, 0.2) is 0 Å². The number of nitrogens with zero attached hydrogens (tertiary/aromatic N) is 1. The molecule has 0 aliphatic heterocycles. The van der Waals surface area contributed by atoms with Crippen molar-refractivity contribution in [1.29, 1.82) is 0 Å². The SMILES string of the molecule is CC(=O)N(C)CCONC(C)C. The lowest BCUT2D eigenvalue weighted by Gasteiger charge is -2.15. The Balaban J connectivity index is 3.25. The Bertz CT molecular complexity index is 137. The summed E-state index contributed by atoms with van der Waals surface area (Å²) in [5.41, 5.74) is 2.80. The molecule has 1 amide bonds. The topological polar surface area (TPSA) is 41.6 Å². The zero-order valence-corrected chi connectivity index (χ0v) is 8.26. The first-order chi connectivity index (χ1) is 5.54. The molecule has 0 bridgehead atoms. The van der Waals surface area contributed by atoms with Gasteiger partial charge in [-0.1, -0.05) is 0 Å². The van der Waals surface area contributed by atoms with Gasteiger partial charge in [0.1, 0.15) is 0 Å². The van der Waals surface area contributed by atoms with E-state index >= 15 is 0 Å². The van der Waals surface area contributed by atoms with Gasteiger partial charge in [-0.3, -0.25) is 9.63 Å². The van der Waals surface area contributed by atoms with Crippen molar-refractivity contribution >= 4 is 5.91 Å². The van der Waals surface area contributed by atoms with Gasteiger partial charge in [0, 0.05) is 26.6 Å². The maximum absolute atomic E-state index is 10.7. The normalized spacial score (nSPS) is 10.4. The average molecular weight is 174 g/mol. The second-order valence-electron chi connectivity index (χ2n) is 3.06.